The Kier molecular flexibility index (Phi) is 8.74. The van der Waals surface area contributed by atoms with E-state index in [0.29, 0.717) is 42.3 Å². The van der Waals surface area contributed by atoms with Crippen molar-refractivity contribution in [1.29, 1.82) is 0 Å². The van der Waals surface area contributed by atoms with Gasteiger partial charge in [-0.3, -0.25) is 9.88 Å². The van der Waals surface area contributed by atoms with E-state index in [-0.39, 0.29) is 5.84 Å². The second-order valence-electron chi connectivity index (χ2n) is 7.87. The third kappa shape index (κ3) is 6.40. The van der Waals surface area contributed by atoms with E-state index in [1.807, 2.05) is 0 Å². The Morgan fingerprint density at radius 1 is 1.32 bits per heavy atom. The highest BCUT2D eigenvalue weighted by molar-refractivity contribution is 5.95. The number of nitrogens with zero attached hydrogens (tertiary/aromatic N) is 5. The number of pyridine rings is 1. The third-order valence-corrected chi connectivity index (χ3v) is 5.49. The molecule has 11 heteroatoms. The Balaban J connectivity index is 1.62. The summed E-state index contributed by atoms with van der Waals surface area (Å²) in [4.78, 5) is 20.2. The maximum Gasteiger partial charge on any atom is 0.414 e. The van der Waals surface area contributed by atoms with Gasteiger partial charge in [-0.15, -0.1) is 5.10 Å². The van der Waals surface area contributed by atoms with E-state index in [4.69, 9.17) is 21.1 Å². The van der Waals surface area contributed by atoms with Crippen molar-refractivity contribution in [2.24, 2.45) is 16.7 Å². The molecule has 1 aliphatic heterocycles. The quantitative estimate of drug-likeness (QED) is 0.167. The zero-order valence-electron chi connectivity index (χ0n) is 19.8. The molecule has 1 fully saturated rings. The lowest BCUT2D eigenvalue weighted by atomic mass is 10.1. The third-order valence-electron chi connectivity index (χ3n) is 5.49. The van der Waals surface area contributed by atoms with E-state index in [0.717, 1.165) is 24.8 Å². The lowest BCUT2D eigenvalue weighted by Crippen LogP contribution is -2.29. The van der Waals surface area contributed by atoms with Gasteiger partial charge in [0.1, 0.15) is 17.6 Å². The number of hydrogen-bond acceptors (Lipinski definition) is 8. The van der Waals surface area contributed by atoms with E-state index < -0.39 is 18.0 Å². The van der Waals surface area contributed by atoms with E-state index in [2.05, 4.69) is 28.8 Å². The summed E-state index contributed by atoms with van der Waals surface area (Å²) in [6, 6.07) is 7.92. The van der Waals surface area contributed by atoms with Crippen molar-refractivity contribution in [3.05, 3.63) is 48.0 Å². The summed E-state index contributed by atoms with van der Waals surface area (Å²) < 4.78 is 26.0. The van der Waals surface area contributed by atoms with E-state index in [9.17, 15) is 9.18 Å². The molecule has 2 heterocycles. The number of rotatable bonds is 11. The van der Waals surface area contributed by atoms with E-state index in [1.165, 1.54) is 24.2 Å². The number of carbonyl (C=O) groups is 1. The largest absolute Gasteiger partial charge is 0.441 e. The molecule has 1 aliphatic rings. The molecule has 1 amide bonds. The number of carbonyl (C=O) groups excluding carboxylic acids is 1. The molecule has 1 aromatic carbocycles. The molecular formula is C23H32FN7O3. The highest BCUT2D eigenvalue weighted by atomic mass is 19.1. The molecule has 4 N–H and O–H groups in total. The van der Waals surface area contributed by atoms with E-state index >= 15 is 0 Å². The number of aromatic nitrogens is 1. The number of amidine groups is 1. The second kappa shape index (κ2) is 11.7. The van der Waals surface area contributed by atoms with Gasteiger partial charge in [0, 0.05) is 30.9 Å². The van der Waals surface area contributed by atoms with Crippen molar-refractivity contribution >= 4 is 17.6 Å². The predicted octanol–water partition coefficient (Wildman–Crippen LogP) is 2.00. The zero-order valence-corrected chi connectivity index (χ0v) is 19.8. The highest BCUT2D eigenvalue weighted by Gasteiger charge is 2.32. The molecule has 1 atom stereocenters. The lowest BCUT2D eigenvalue weighted by Gasteiger charge is -2.18. The molecule has 0 aliphatic carbocycles. The first-order valence-corrected chi connectivity index (χ1v) is 11.2. The van der Waals surface area contributed by atoms with Crippen LogP contribution in [0.25, 0.3) is 11.1 Å². The molecule has 0 bridgehead atoms. The normalized spacial score (nSPS) is 16.3. The van der Waals surface area contributed by atoms with Crippen molar-refractivity contribution < 1.29 is 18.7 Å². The smallest absolute Gasteiger partial charge is 0.414 e. The molecule has 0 spiro atoms. The van der Waals surface area contributed by atoms with Gasteiger partial charge < -0.3 is 20.1 Å². The zero-order chi connectivity index (χ0) is 24.7. The van der Waals surface area contributed by atoms with Crippen molar-refractivity contribution in [2.75, 3.05) is 51.3 Å². The van der Waals surface area contributed by atoms with E-state index in [1.54, 1.807) is 24.3 Å². The van der Waals surface area contributed by atoms with Crippen LogP contribution in [0.5, 0.6) is 0 Å². The number of nitrogens with two attached hydrogens (primary N) is 2. The number of anilines is 1. The standard InChI is InChI=1S/C23H32FN7O3/c1-4-30(5-2)10-11-33-15-18-14-31(23(32)34-18)17-7-8-19(20(24)12-17)16-6-9-21(27-13-16)22(25)28-29(3)26/h6-9,12-13,18H,4-5,10-11,14-15,26H2,1-3H3,(H2,25,28). The van der Waals surface area contributed by atoms with Crippen LogP contribution >= 0.6 is 0 Å². The first-order valence-electron chi connectivity index (χ1n) is 11.2. The van der Waals surface area contributed by atoms with Crippen LogP contribution in [-0.4, -0.2) is 79.5 Å². The molecule has 1 aromatic heterocycles. The Morgan fingerprint density at radius 3 is 2.71 bits per heavy atom. The molecular weight excluding hydrogens is 441 g/mol. The summed E-state index contributed by atoms with van der Waals surface area (Å²) >= 11 is 0. The molecule has 1 saturated heterocycles. The number of hydrazine groups is 1. The SMILES string of the molecule is CCN(CC)CCOCC1CN(c2ccc(-c3ccc(/C(N)=N/N(C)N)nc3)c(F)c2)C(=O)O1. The number of hydrogen-bond donors (Lipinski definition) is 2. The van der Waals surface area contributed by atoms with Crippen LogP contribution in [0.15, 0.2) is 41.6 Å². The van der Waals surface area contributed by atoms with Crippen molar-refractivity contribution in [1.82, 2.24) is 15.0 Å². The number of cyclic esters (lactones) is 1. The minimum Gasteiger partial charge on any atom is -0.441 e. The number of amides is 1. The Hall–Kier alpha value is -3.28. The van der Waals surface area contributed by atoms with Gasteiger partial charge in [0.15, 0.2) is 5.84 Å². The first kappa shape index (κ1) is 25.3. The molecule has 0 radical (unpaired) electrons. The van der Waals surface area contributed by atoms with Crippen LogP contribution < -0.4 is 16.5 Å². The average Bonchev–Trinajstić information content (AvgIpc) is 3.19. The number of halogens is 1. The molecule has 0 saturated carbocycles. The minimum atomic E-state index is -0.518. The molecule has 10 nitrogen and oxygen atoms in total. The predicted molar refractivity (Wildman–Crippen MR) is 129 cm³/mol. The van der Waals surface area contributed by atoms with Gasteiger partial charge in [-0.2, -0.15) is 0 Å². The van der Waals surface area contributed by atoms with Gasteiger partial charge in [0.05, 0.1) is 25.4 Å². The van der Waals surface area contributed by atoms with Crippen molar-refractivity contribution in [3.63, 3.8) is 0 Å². The Bertz CT molecular complexity index is 997. The summed E-state index contributed by atoms with van der Waals surface area (Å²) in [5, 5.41) is 4.96. The van der Waals surface area contributed by atoms with Gasteiger partial charge in [0.2, 0.25) is 0 Å². The summed E-state index contributed by atoms with van der Waals surface area (Å²) in [6.45, 7) is 8.10. The van der Waals surface area contributed by atoms with Crippen LogP contribution in [0.4, 0.5) is 14.9 Å². The van der Waals surface area contributed by atoms with Gasteiger partial charge in [0.25, 0.3) is 0 Å². The van der Waals surface area contributed by atoms with Gasteiger partial charge >= 0.3 is 6.09 Å². The van der Waals surface area contributed by atoms with Gasteiger partial charge in [-0.05, 0) is 37.4 Å². The van der Waals surface area contributed by atoms with Crippen molar-refractivity contribution in [3.8, 4) is 11.1 Å². The Labute approximate surface area is 198 Å². The van der Waals surface area contributed by atoms with Gasteiger partial charge in [-0.1, -0.05) is 19.9 Å². The number of ether oxygens (including phenoxy) is 2. The number of benzene rings is 1. The minimum absolute atomic E-state index is 0.145. The molecule has 184 valence electrons. The van der Waals surface area contributed by atoms with Gasteiger partial charge in [-0.25, -0.2) is 20.1 Å². The maximum atomic E-state index is 14.9. The number of hydrazone groups is 1. The summed E-state index contributed by atoms with van der Waals surface area (Å²) in [7, 11) is 1.54. The summed E-state index contributed by atoms with van der Waals surface area (Å²) in [5.41, 5.74) is 7.57. The monoisotopic (exact) mass is 473 g/mol. The first-order chi connectivity index (χ1) is 16.3. The van der Waals surface area contributed by atoms with Crippen LogP contribution in [-0.2, 0) is 9.47 Å². The van der Waals surface area contributed by atoms with Crippen LogP contribution in [0.1, 0.15) is 19.5 Å². The fourth-order valence-electron chi connectivity index (χ4n) is 3.60. The fraction of sp³-hybridized carbons (Fsp3) is 0.435. The molecule has 34 heavy (non-hydrogen) atoms. The Morgan fingerprint density at radius 2 is 2.09 bits per heavy atom. The average molecular weight is 474 g/mol. The summed E-state index contributed by atoms with van der Waals surface area (Å²) in [5.74, 6) is 5.11. The van der Waals surface area contributed by atoms with Crippen LogP contribution in [0, 0.1) is 5.82 Å². The lowest BCUT2D eigenvalue weighted by molar-refractivity contribution is 0.0371. The summed E-state index contributed by atoms with van der Waals surface area (Å²) in [6.07, 6.45) is 0.584. The van der Waals surface area contributed by atoms with Crippen LogP contribution in [0.3, 0.4) is 0 Å². The highest BCUT2D eigenvalue weighted by Crippen LogP contribution is 2.29. The molecule has 3 rings (SSSR count). The topological polar surface area (TPSA) is 123 Å². The maximum absolute atomic E-state index is 14.9. The fourth-order valence-corrected chi connectivity index (χ4v) is 3.60. The number of likely N-dealkylation sites (N-methyl/N-ethyl adjacent to an activating group) is 1. The second-order valence-corrected chi connectivity index (χ2v) is 7.87. The van der Waals surface area contributed by atoms with Crippen LogP contribution in [0.2, 0.25) is 0 Å². The molecule has 1 unspecified atom stereocenters. The van der Waals surface area contributed by atoms with Crippen molar-refractivity contribution in [2.45, 2.75) is 20.0 Å². The molecule has 2 aromatic rings.